The first-order valence-electron chi connectivity index (χ1n) is 8.09. The van der Waals surface area contributed by atoms with Crippen LogP contribution in [0.3, 0.4) is 0 Å². The maximum absolute atomic E-state index is 12.2. The zero-order chi connectivity index (χ0) is 19.6. The van der Waals surface area contributed by atoms with Crippen LogP contribution in [0, 0.1) is 15.9 Å². The van der Waals surface area contributed by atoms with Gasteiger partial charge in [-0.3, -0.25) is 4.79 Å². The molecule has 0 saturated heterocycles. The average molecular weight is 478 g/mol. The van der Waals surface area contributed by atoms with Crippen molar-refractivity contribution >= 4 is 34.7 Å². The number of nitrogens with one attached hydrogen (secondary N) is 1. The zero-order valence-corrected chi connectivity index (χ0v) is 17.1. The Hall–Kier alpha value is -2.73. The van der Waals surface area contributed by atoms with Crippen LogP contribution in [0.4, 0.5) is 0 Å². The van der Waals surface area contributed by atoms with E-state index in [0.29, 0.717) is 29.4 Å². The first-order chi connectivity index (χ1) is 13.1. The summed E-state index contributed by atoms with van der Waals surface area (Å²) in [6, 6.07) is 10.5. The summed E-state index contributed by atoms with van der Waals surface area (Å²) in [5.74, 6) is 3.83. The van der Waals surface area contributed by atoms with Gasteiger partial charge in [-0.15, -0.1) is 6.42 Å². The van der Waals surface area contributed by atoms with E-state index in [4.69, 9.17) is 20.6 Å². The fourth-order valence-electron chi connectivity index (χ4n) is 2.14. The number of rotatable bonds is 8. The van der Waals surface area contributed by atoms with Crippen molar-refractivity contribution < 1.29 is 19.0 Å². The number of hydrazone groups is 1. The van der Waals surface area contributed by atoms with Crippen LogP contribution in [-0.4, -0.2) is 32.4 Å². The number of carbonyl (C=O) groups is 1. The first-order valence-corrected chi connectivity index (χ1v) is 9.17. The topological polar surface area (TPSA) is 69.2 Å². The van der Waals surface area contributed by atoms with Gasteiger partial charge in [0.15, 0.2) is 11.5 Å². The van der Waals surface area contributed by atoms with Crippen LogP contribution in [0.5, 0.6) is 17.2 Å². The van der Waals surface area contributed by atoms with Crippen LogP contribution >= 0.6 is 22.6 Å². The van der Waals surface area contributed by atoms with Gasteiger partial charge in [-0.1, -0.05) is 5.92 Å². The van der Waals surface area contributed by atoms with Gasteiger partial charge in [-0.25, -0.2) is 5.43 Å². The molecule has 2 aromatic rings. The predicted molar refractivity (Wildman–Crippen MR) is 113 cm³/mol. The second-order valence-electron chi connectivity index (χ2n) is 5.18. The molecule has 140 valence electrons. The molecule has 0 aliphatic rings. The minimum Gasteiger partial charge on any atom is -0.496 e. The normalized spacial score (nSPS) is 10.3. The van der Waals surface area contributed by atoms with E-state index in [2.05, 4.69) is 39.0 Å². The lowest BCUT2D eigenvalue weighted by molar-refractivity contribution is 0.0954. The molecule has 0 bridgehead atoms. The third kappa shape index (κ3) is 5.89. The second kappa shape index (κ2) is 10.4. The van der Waals surface area contributed by atoms with E-state index in [-0.39, 0.29) is 12.5 Å². The van der Waals surface area contributed by atoms with Gasteiger partial charge < -0.3 is 14.2 Å². The van der Waals surface area contributed by atoms with Crippen molar-refractivity contribution in [3.8, 4) is 29.6 Å². The Balaban J connectivity index is 2.08. The fourth-order valence-corrected chi connectivity index (χ4v) is 2.70. The average Bonchev–Trinajstić information content (AvgIpc) is 2.68. The smallest absolute Gasteiger partial charge is 0.271 e. The lowest BCUT2D eigenvalue weighted by Crippen LogP contribution is -2.17. The molecule has 0 fully saturated rings. The monoisotopic (exact) mass is 478 g/mol. The number of nitrogens with zero attached hydrogens (tertiary/aromatic N) is 1. The third-order valence-corrected chi connectivity index (χ3v) is 4.26. The molecule has 27 heavy (non-hydrogen) atoms. The number of amides is 1. The first kappa shape index (κ1) is 20.6. The molecule has 2 aromatic carbocycles. The minimum absolute atomic E-state index is 0.156. The van der Waals surface area contributed by atoms with E-state index in [0.717, 1.165) is 9.13 Å². The van der Waals surface area contributed by atoms with Crippen molar-refractivity contribution in [3.63, 3.8) is 0 Å². The Kier molecular flexibility index (Phi) is 7.95. The summed E-state index contributed by atoms with van der Waals surface area (Å²) in [6.07, 6.45) is 6.74. The zero-order valence-electron chi connectivity index (χ0n) is 15.0. The van der Waals surface area contributed by atoms with Crippen LogP contribution in [-0.2, 0) is 0 Å². The van der Waals surface area contributed by atoms with Crippen molar-refractivity contribution in [2.24, 2.45) is 5.10 Å². The molecule has 0 atom stereocenters. The van der Waals surface area contributed by atoms with E-state index in [1.807, 2.05) is 6.92 Å². The second-order valence-corrected chi connectivity index (χ2v) is 6.34. The minimum atomic E-state index is -0.333. The molecule has 6 nitrogen and oxygen atoms in total. The number of methoxy groups -OCH3 is 1. The summed E-state index contributed by atoms with van der Waals surface area (Å²) < 4.78 is 17.1. The molecule has 0 unspecified atom stereocenters. The highest BCUT2D eigenvalue weighted by Crippen LogP contribution is 2.28. The number of hydrogen-bond acceptors (Lipinski definition) is 5. The molecule has 0 aliphatic carbocycles. The maximum Gasteiger partial charge on any atom is 0.271 e. The number of carbonyl (C=O) groups excluding carboxylic acids is 1. The Morgan fingerprint density at radius 3 is 2.74 bits per heavy atom. The van der Waals surface area contributed by atoms with Gasteiger partial charge in [0.1, 0.15) is 12.4 Å². The predicted octanol–water partition coefficient (Wildman–Crippen LogP) is 3.47. The van der Waals surface area contributed by atoms with Crippen molar-refractivity contribution in [2.75, 3.05) is 20.3 Å². The van der Waals surface area contributed by atoms with Gasteiger partial charge in [-0.05, 0) is 71.5 Å². The lowest BCUT2D eigenvalue weighted by Gasteiger charge is -2.10. The van der Waals surface area contributed by atoms with Crippen molar-refractivity contribution in [3.05, 3.63) is 51.1 Å². The Morgan fingerprint density at radius 2 is 2.04 bits per heavy atom. The molecule has 0 aliphatic heterocycles. The quantitative estimate of drug-likeness (QED) is 0.273. The number of hydrogen-bond donors (Lipinski definition) is 1. The highest BCUT2D eigenvalue weighted by molar-refractivity contribution is 14.1. The van der Waals surface area contributed by atoms with Crippen LogP contribution in [0.1, 0.15) is 22.8 Å². The summed E-state index contributed by atoms with van der Waals surface area (Å²) in [6.45, 7) is 2.52. The third-order valence-electron chi connectivity index (χ3n) is 3.37. The molecule has 0 spiro atoms. The van der Waals surface area contributed by atoms with Gasteiger partial charge >= 0.3 is 0 Å². The molecule has 0 saturated carbocycles. The molecule has 0 radical (unpaired) electrons. The summed E-state index contributed by atoms with van der Waals surface area (Å²) >= 11 is 2.14. The van der Waals surface area contributed by atoms with Gasteiger partial charge in [0.25, 0.3) is 5.91 Å². The van der Waals surface area contributed by atoms with E-state index in [1.165, 1.54) is 6.21 Å². The van der Waals surface area contributed by atoms with Gasteiger partial charge in [0, 0.05) is 5.56 Å². The molecule has 7 heteroatoms. The summed E-state index contributed by atoms with van der Waals surface area (Å²) in [4.78, 5) is 12.2. The molecular weight excluding hydrogens is 459 g/mol. The Bertz CT molecular complexity index is 875. The summed E-state index contributed by atoms with van der Waals surface area (Å²) in [5.41, 5.74) is 3.69. The van der Waals surface area contributed by atoms with Crippen molar-refractivity contribution in [1.29, 1.82) is 0 Å². The number of ether oxygens (including phenoxy) is 3. The lowest BCUT2D eigenvalue weighted by atomic mass is 10.2. The SMILES string of the molecule is C#CCOc1ccc(/C=N\NC(=O)c2ccc(I)c(OC)c2)cc1OCC. The Labute approximate surface area is 172 Å². The van der Waals surface area contributed by atoms with Crippen LogP contribution in [0.2, 0.25) is 0 Å². The number of terminal acetylenes is 1. The van der Waals surface area contributed by atoms with Crippen LogP contribution in [0.15, 0.2) is 41.5 Å². The standard InChI is InChI=1S/C20H19IN2O4/c1-4-10-27-17-9-6-14(11-19(17)26-5-2)13-22-23-20(24)15-7-8-16(21)18(12-15)25-3/h1,6-9,11-13H,5,10H2,2-3H3,(H,23,24)/b22-13-. The number of halogens is 1. The largest absolute Gasteiger partial charge is 0.496 e. The van der Waals surface area contributed by atoms with E-state index >= 15 is 0 Å². The maximum atomic E-state index is 12.2. The molecule has 0 aromatic heterocycles. The highest BCUT2D eigenvalue weighted by Gasteiger charge is 2.09. The summed E-state index contributed by atoms with van der Waals surface area (Å²) in [7, 11) is 1.56. The van der Waals surface area contributed by atoms with E-state index in [1.54, 1.807) is 43.5 Å². The molecular formula is C20H19IN2O4. The van der Waals surface area contributed by atoms with Gasteiger partial charge in [0.05, 0.1) is 23.5 Å². The van der Waals surface area contributed by atoms with E-state index < -0.39 is 0 Å². The molecule has 1 amide bonds. The van der Waals surface area contributed by atoms with Crippen molar-refractivity contribution in [1.82, 2.24) is 5.43 Å². The molecule has 1 N–H and O–H groups in total. The molecule has 0 heterocycles. The molecule has 2 rings (SSSR count). The summed E-state index contributed by atoms with van der Waals surface area (Å²) in [5, 5.41) is 3.99. The Morgan fingerprint density at radius 1 is 1.22 bits per heavy atom. The van der Waals surface area contributed by atoms with Crippen LogP contribution in [0.25, 0.3) is 0 Å². The van der Waals surface area contributed by atoms with Crippen LogP contribution < -0.4 is 19.6 Å². The van der Waals surface area contributed by atoms with Gasteiger partial charge in [0.2, 0.25) is 0 Å². The van der Waals surface area contributed by atoms with E-state index in [9.17, 15) is 4.79 Å². The number of benzene rings is 2. The highest BCUT2D eigenvalue weighted by atomic mass is 127. The van der Waals surface area contributed by atoms with Crippen molar-refractivity contribution in [2.45, 2.75) is 6.92 Å². The fraction of sp³-hybridized carbons (Fsp3) is 0.200. The van der Waals surface area contributed by atoms with Gasteiger partial charge in [-0.2, -0.15) is 5.10 Å².